The van der Waals surface area contributed by atoms with Gasteiger partial charge < -0.3 is 10.2 Å². The fourth-order valence-corrected chi connectivity index (χ4v) is 1.21. The van der Waals surface area contributed by atoms with Crippen LogP contribution in [0, 0.1) is 0 Å². The molecule has 0 aromatic rings. The van der Waals surface area contributed by atoms with Crippen molar-refractivity contribution in [3.05, 3.63) is 0 Å². The highest BCUT2D eigenvalue weighted by molar-refractivity contribution is 9.09. The van der Waals surface area contributed by atoms with Crippen LogP contribution in [0.5, 0.6) is 0 Å². The molecule has 0 aliphatic carbocycles. The summed E-state index contributed by atoms with van der Waals surface area (Å²) in [7, 11) is 0. The minimum Gasteiger partial charge on any atom is -0.389 e. The molecule has 3 heteroatoms. The number of aliphatic hydroxyl groups excluding tert-OH is 1. The Kier molecular flexibility index (Phi) is 3.12. The maximum Gasteiger partial charge on any atom is 0.0943 e. The van der Waals surface area contributed by atoms with Gasteiger partial charge in [0, 0.05) is 4.83 Å². The third-order valence-electron chi connectivity index (χ3n) is 1.16. The van der Waals surface area contributed by atoms with Crippen LogP contribution in [0.15, 0.2) is 0 Å². The van der Waals surface area contributed by atoms with Crippen LogP contribution in [0.2, 0.25) is 0 Å². The lowest BCUT2D eigenvalue weighted by molar-refractivity contribution is -0.0450. The van der Waals surface area contributed by atoms with Crippen LogP contribution >= 0.6 is 15.9 Å². The van der Waals surface area contributed by atoms with Crippen LogP contribution in [0.25, 0.3) is 0 Å². The molecule has 2 N–H and O–H groups in total. The minimum absolute atomic E-state index is 0.0718. The zero-order chi connectivity index (χ0) is 7.65. The van der Waals surface area contributed by atoms with E-state index in [0.717, 1.165) is 0 Å². The van der Waals surface area contributed by atoms with E-state index < -0.39 is 11.7 Å². The first-order valence-electron chi connectivity index (χ1n) is 2.90. The molecule has 0 heterocycles. The second kappa shape index (κ2) is 2.99. The highest BCUT2D eigenvalue weighted by Crippen LogP contribution is 2.16. The van der Waals surface area contributed by atoms with Crippen molar-refractivity contribution in [2.75, 3.05) is 0 Å². The van der Waals surface area contributed by atoms with Crippen molar-refractivity contribution >= 4 is 15.9 Å². The lowest BCUT2D eigenvalue weighted by Crippen LogP contribution is -2.40. The summed E-state index contributed by atoms with van der Waals surface area (Å²) in [5.41, 5.74) is -1.01. The van der Waals surface area contributed by atoms with E-state index in [9.17, 15) is 5.11 Å². The molecule has 0 amide bonds. The highest BCUT2D eigenvalue weighted by atomic mass is 79.9. The molecule has 0 aliphatic heterocycles. The number of halogens is 1. The van der Waals surface area contributed by atoms with E-state index in [-0.39, 0.29) is 4.83 Å². The Bertz CT molecular complexity index is 85.5. The molecule has 0 rings (SSSR count). The van der Waals surface area contributed by atoms with E-state index in [4.69, 9.17) is 5.11 Å². The highest BCUT2D eigenvalue weighted by Gasteiger charge is 2.27. The lowest BCUT2D eigenvalue weighted by Gasteiger charge is -2.26. The van der Waals surface area contributed by atoms with Gasteiger partial charge in [-0.15, -0.1) is 0 Å². The van der Waals surface area contributed by atoms with Crippen molar-refractivity contribution in [3.8, 4) is 0 Å². The Balaban J connectivity index is 3.88. The molecule has 9 heavy (non-hydrogen) atoms. The molecule has 2 atom stereocenters. The van der Waals surface area contributed by atoms with Gasteiger partial charge >= 0.3 is 0 Å². The SMILES string of the molecule is CC(Br)C(O)C(C)(C)O. The number of rotatable bonds is 2. The first-order chi connectivity index (χ1) is 3.85. The molecule has 2 nitrogen and oxygen atoms in total. The standard InChI is InChI=1S/C6H13BrO2/c1-4(7)5(8)6(2,3)9/h4-5,8-9H,1-3H3. The second-order valence-electron chi connectivity index (χ2n) is 2.78. The number of hydrogen-bond acceptors (Lipinski definition) is 2. The molecule has 0 aromatic heterocycles. The first kappa shape index (κ1) is 9.40. The number of hydrogen-bond donors (Lipinski definition) is 2. The summed E-state index contributed by atoms with van der Waals surface area (Å²) in [5, 5.41) is 18.3. The van der Waals surface area contributed by atoms with Gasteiger partial charge in [-0.25, -0.2) is 0 Å². The lowest BCUT2D eigenvalue weighted by atomic mass is 10.0. The van der Waals surface area contributed by atoms with Gasteiger partial charge in [0.25, 0.3) is 0 Å². The van der Waals surface area contributed by atoms with Crippen molar-refractivity contribution in [1.82, 2.24) is 0 Å². The van der Waals surface area contributed by atoms with E-state index in [1.54, 1.807) is 20.8 Å². The van der Waals surface area contributed by atoms with Crippen molar-refractivity contribution in [1.29, 1.82) is 0 Å². The Morgan fingerprint density at radius 2 is 1.78 bits per heavy atom. The zero-order valence-corrected chi connectivity index (χ0v) is 7.51. The van der Waals surface area contributed by atoms with Gasteiger partial charge in [-0.05, 0) is 13.8 Å². The molecule has 0 aliphatic rings. The van der Waals surface area contributed by atoms with E-state index in [2.05, 4.69) is 15.9 Å². The van der Waals surface area contributed by atoms with E-state index in [1.165, 1.54) is 0 Å². The van der Waals surface area contributed by atoms with Gasteiger partial charge in [-0.3, -0.25) is 0 Å². The molecule has 0 radical (unpaired) electrons. The minimum atomic E-state index is -1.01. The molecular weight excluding hydrogens is 184 g/mol. The summed E-state index contributed by atoms with van der Waals surface area (Å²) in [4.78, 5) is -0.0718. The average molecular weight is 197 g/mol. The third kappa shape index (κ3) is 3.18. The molecular formula is C6H13BrO2. The third-order valence-corrected chi connectivity index (χ3v) is 1.66. The quantitative estimate of drug-likeness (QED) is 0.645. The summed E-state index contributed by atoms with van der Waals surface area (Å²) in [5.74, 6) is 0. The van der Waals surface area contributed by atoms with Gasteiger partial charge in [-0.2, -0.15) is 0 Å². The monoisotopic (exact) mass is 196 g/mol. The van der Waals surface area contributed by atoms with Crippen molar-refractivity contribution in [2.24, 2.45) is 0 Å². The van der Waals surface area contributed by atoms with Gasteiger partial charge in [0.2, 0.25) is 0 Å². The van der Waals surface area contributed by atoms with Gasteiger partial charge in [-0.1, -0.05) is 22.9 Å². The fourth-order valence-electron chi connectivity index (χ4n) is 0.562. The predicted molar refractivity (Wildman–Crippen MR) is 40.7 cm³/mol. The van der Waals surface area contributed by atoms with E-state index in [0.29, 0.717) is 0 Å². The van der Waals surface area contributed by atoms with Crippen LogP contribution in [-0.4, -0.2) is 26.7 Å². The van der Waals surface area contributed by atoms with Crippen LogP contribution in [0.4, 0.5) is 0 Å². The van der Waals surface area contributed by atoms with Crippen LogP contribution < -0.4 is 0 Å². The largest absolute Gasteiger partial charge is 0.389 e. The normalized spacial score (nSPS) is 19.3. The van der Waals surface area contributed by atoms with Crippen LogP contribution in [0.1, 0.15) is 20.8 Å². The van der Waals surface area contributed by atoms with Gasteiger partial charge in [0.1, 0.15) is 0 Å². The summed E-state index contributed by atoms with van der Waals surface area (Å²) < 4.78 is 0. The number of alkyl halides is 1. The summed E-state index contributed by atoms with van der Waals surface area (Å²) >= 11 is 3.17. The Morgan fingerprint density at radius 1 is 1.44 bits per heavy atom. The smallest absolute Gasteiger partial charge is 0.0943 e. The Hall–Kier alpha value is 0.400. The fraction of sp³-hybridized carbons (Fsp3) is 1.00. The van der Waals surface area contributed by atoms with Crippen molar-refractivity contribution in [2.45, 2.75) is 37.3 Å². The summed E-state index contributed by atoms with van der Waals surface area (Å²) in [6, 6.07) is 0. The molecule has 56 valence electrons. The van der Waals surface area contributed by atoms with Crippen molar-refractivity contribution in [3.63, 3.8) is 0 Å². The van der Waals surface area contributed by atoms with E-state index in [1.807, 2.05) is 0 Å². The molecule has 0 saturated heterocycles. The second-order valence-corrected chi connectivity index (χ2v) is 4.22. The van der Waals surface area contributed by atoms with Crippen LogP contribution in [0.3, 0.4) is 0 Å². The Morgan fingerprint density at radius 3 is 1.78 bits per heavy atom. The molecule has 0 bridgehead atoms. The summed E-state index contributed by atoms with van der Waals surface area (Å²) in [6.07, 6.45) is -0.711. The molecule has 0 saturated carbocycles. The maximum absolute atomic E-state index is 9.18. The zero-order valence-electron chi connectivity index (χ0n) is 5.93. The first-order valence-corrected chi connectivity index (χ1v) is 3.82. The van der Waals surface area contributed by atoms with Crippen molar-refractivity contribution < 1.29 is 10.2 Å². The van der Waals surface area contributed by atoms with Crippen LogP contribution in [-0.2, 0) is 0 Å². The van der Waals surface area contributed by atoms with Gasteiger partial charge in [0.15, 0.2) is 0 Å². The molecule has 0 aromatic carbocycles. The predicted octanol–water partition coefficient (Wildman–Crippen LogP) is 0.902. The number of aliphatic hydroxyl groups is 2. The van der Waals surface area contributed by atoms with E-state index >= 15 is 0 Å². The Labute approximate surface area is 64.0 Å². The molecule has 0 spiro atoms. The van der Waals surface area contributed by atoms with Gasteiger partial charge in [0.05, 0.1) is 11.7 Å². The maximum atomic E-state index is 9.18. The topological polar surface area (TPSA) is 40.5 Å². The average Bonchev–Trinajstić information content (AvgIpc) is 1.62. The summed E-state index contributed by atoms with van der Waals surface area (Å²) in [6.45, 7) is 4.95. The molecule has 2 unspecified atom stereocenters. The molecule has 0 fully saturated rings.